The second-order valence-corrected chi connectivity index (χ2v) is 29.3. The van der Waals surface area contributed by atoms with Gasteiger partial charge in [0.05, 0.1) is 76.2 Å². The number of carboxylic acids is 4. The lowest BCUT2D eigenvalue weighted by Crippen LogP contribution is -2.52. The second kappa shape index (κ2) is 54.5. The number of H-pyrrole nitrogens is 1. The maximum Gasteiger partial charge on any atom is 0.339 e. The van der Waals surface area contributed by atoms with Gasteiger partial charge in [-0.15, -0.1) is 9.24 Å². The van der Waals surface area contributed by atoms with Crippen LogP contribution in [0.25, 0.3) is 10.9 Å². The Bertz CT molecular complexity index is 3750. The summed E-state index contributed by atoms with van der Waals surface area (Å²) in [6, 6.07) is 5.54. The topological polar surface area (TPSA) is 609 Å². The van der Waals surface area contributed by atoms with Crippen molar-refractivity contribution in [3.05, 3.63) is 81.4 Å². The summed E-state index contributed by atoms with van der Waals surface area (Å²) in [4.78, 5) is 157. The molecule has 0 aliphatic carbocycles. The van der Waals surface area contributed by atoms with Gasteiger partial charge in [0.25, 0.3) is 5.91 Å². The van der Waals surface area contributed by atoms with Crippen LogP contribution in [-0.4, -0.2) is 330 Å². The van der Waals surface area contributed by atoms with E-state index in [0.717, 1.165) is 18.6 Å². The van der Waals surface area contributed by atoms with E-state index in [1.54, 1.807) is 82.6 Å². The first-order valence-corrected chi connectivity index (χ1v) is 39.9. The molecule has 3 heterocycles. The van der Waals surface area contributed by atoms with Gasteiger partial charge in [0, 0.05) is 142 Å². The molecule has 1 saturated heterocycles. The number of pyridine rings is 1. The number of carbonyl (C=O) groups excluding carboxylic acids is 5. The summed E-state index contributed by atoms with van der Waals surface area (Å²) in [5.74, 6) is -6.01. The highest BCUT2D eigenvalue weighted by molar-refractivity contribution is 7.89. The van der Waals surface area contributed by atoms with Gasteiger partial charge in [-0.1, -0.05) is 13.0 Å². The zero-order chi connectivity index (χ0) is 80.5. The molecule has 0 saturated carbocycles. The van der Waals surface area contributed by atoms with Crippen molar-refractivity contribution >= 4 is 97.1 Å². The minimum Gasteiger partial charge on any atom is -0.494 e. The van der Waals surface area contributed by atoms with E-state index in [9.17, 15) is 81.4 Å². The van der Waals surface area contributed by atoms with E-state index in [2.05, 4.69) is 55.8 Å². The lowest BCUT2D eigenvalue weighted by Gasteiger charge is -2.33. The number of hydrogen-bond donors (Lipinski definition) is 14. The first-order chi connectivity index (χ1) is 51.8. The highest BCUT2D eigenvalue weighted by Crippen LogP contribution is 2.35. The van der Waals surface area contributed by atoms with Gasteiger partial charge in [-0.3, -0.25) is 77.0 Å². The number of benzene rings is 2. The van der Waals surface area contributed by atoms with E-state index in [1.807, 2.05) is 6.92 Å². The van der Waals surface area contributed by atoms with Gasteiger partial charge in [0.1, 0.15) is 29.7 Å². The molecule has 2 aromatic heterocycles. The number of hydrogen-bond acceptors (Lipinski definition) is 24. The number of anilines is 1. The van der Waals surface area contributed by atoms with Gasteiger partial charge >= 0.3 is 31.5 Å². The van der Waals surface area contributed by atoms with Crippen molar-refractivity contribution in [1.29, 1.82) is 0 Å². The lowest BCUT2D eigenvalue weighted by atomic mass is 10.1. The molecule has 4 aromatic rings. The van der Waals surface area contributed by atoms with E-state index >= 15 is 0 Å². The molecule has 1 aliphatic rings. The standard InChI is InChI=1S/C40H55N7O11S.C28H54N8O12P2.3H2O/c1-5-14-55-17-19-57-20-18-56-15-7-11-41-35(48)8-6-16-58-30-21-27(2)37(28(3)22-30)59(53,54)46-33(39(51)52)25-44-38(50)32-26-47(4)34-23-29(9-10-31(34)36(32)49)24-45-40-42-12-13-43-40;1-2-29-28(45)22(5-3-4-6-30-23(37)15-36(20-49)21-50(46,47)48)31-24(38)16-32-7-9-33(17-25(39)40)11-13-35(19-27(43)44)14-12-34(10-8-32)18-26(41)42;;;/h9-10,12-13,21-23,26,33,46H,5-8,11,14-20,24-25H2,1-4H3,(H,41,48)(H,44,50)(H,51,52)(H2,42,43,45);22H,2-21,49H2,1H3,(H,29,45)(H,30,37)(H,31,38)(H,39,40)(H,41,42)(H,43,44)(H2,46,47,48);3*1H2/t;22-;;;/m.1.../s1. The summed E-state index contributed by atoms with van der Waals surface area (Å²) < 4.78 is 64.1. The molecule has 634 valence electrons. The summed E-state index contributed by atoms with van der Waals surface area (Å²) in [6.07, 6.45) is 7.76. The average Bonchev–Trinajstić information content (AvgIpc) is 0.853. The largest absolute Gasteiger partial charge is 0.494 e. The molecular formula is C68H115N15O26P2S. The Balaban J connectivity index is 0.00000111. The molecule has 1 aliphatic heterocycles. The highest BCUT2D eigenvalue weighted by Gasteiger charge is 2.31. The third-order valence-corrected chi connectivity index (χ3v) is 19.6. The molecule has 3 atom stereocenters. The SMILES string of the molecule is CCCOCCOCCOCCCNC(=O)CCCOc1cc(C)c(S(=O)(=O)NC(CNC(=O)c2cn(C)c3cc(CNc4ncc[nH]4)ccc3c2=O)C(=O)O)c(C)c1.CCNC(=O)[C@@H](CCCCNC(=O)CN(CP)CP(=O)(O)O)NC(=O)CN1CCN(CC(=O)O)CCN(CC(=O)O)CCN(CC(=O)O)CC1.O.O.O. The molecule has 41 nitrogen and oxygen atoms in total. The molecule has 0 spiro atoms. The predicted octanol–water partition coefficient (Wildman–Crippen LogP) is -3.06. The molecule has 0 bridgehead atoms. The van der Waals surface area contributed by atoms with Crippen LogP contribution >= 0.6 is 16.8 Å². The van der Waals surface area contributed by atoms with Crippen molar-refractivity contribution in [3.8, 4) is 5.75 Å². The van der Waals surface area contributed by atoms with Gasteiger partial charge in [-0.2, -0.15) is 4.72 Å². The summed E-state index contributed by atoms with van der Waals surface area (Å²) in [7, 11) is -4.75. The van der Waals surface area contributed by atoms with E-state index in [4.69, 9.17) is 28.7 Å². The number of aromatic nitrogens is 3. The number of rotatable bonds is 48. The van der Waals surface area contributed by atoms with Gasteiger partial charge in [0.2, 0.25) is 39.1 Å². The molecule has 112 heavy (non-hydrogen) atoms. The number of aliphatic carboxylic acids is 4. The number of amides is 5. The van der Waals surface area contributed by atoms with Crippen molar-refractivity contribution < 1.29 is 122 Å². The number of nitrogens with one attached hydrogen (secondary N) is 8. The monoisotopic (exact) mass is 1650 g/mol. The van der Waals surface area contributed by atoms with Gasteiger partial charge in [-0.05, 0) is 100 Å². The molecule has 1 fully saturated rings. The second-order valence-electron chi connectivity index (χ2n) is 25.7. The first kappa shape index (κ1) is 102. The minimum atomic E-state index is -4.41. The van der Waals surface area contributed by atoms with Crippen LogP contribution in [0, 0.1) is 13.8 Å². The van der Waals surface area contributed by atoms with Crippen molar-refractivity contribution in [2.75, 3.05) is 175 Å². The third kappa shape index (κ3) is 40.5. The molecular weight excluding hydrogens is 1540 g/mol. The highest BCUT2D eigenvalue weighted by atomic mass is 32.2. The Morgan fingerprint density at radius 2 is 1.22 bits per heavy atom. The summed E-state index contributed by atoms with van der Waals surface area (Å²) in [6.45, 7) is 11.9. The van der Waals surface area contributed by atoms with Crippen molar-refractivity contribution in [3.63, 3.8) is 0 Å². The number of carboxylic acid groups (broad SMARTS) is 4. The number of aromatic amines is 1. The number of imidazole rings is 1. The number of likely N-dealkylation sites (N-methyl/N-ethyl adjacent to an activating group) is 1. The van der Waals surface area contributed by atoms with E-state index < -0.39 is 95.5 Å². The van der Waals surface area contributed by atoms with E-state index in [0.29, 0.717) is 107 Å². The Morgan fingerprint density at radius 1 is 0.679 bits per heavy atom. The molecule has 20 N–H and O–H groups in total. The normalized spacial score (nSPS) is 13.9. The van der Waals surface area contributed by atoms with Crippen LogP contribution in [0.15, 0.2) is 58.6 Å². The Hall–Kier alpha value is -8.26. The Morgan fingerprint density at radius 3 is 1.74 bits per heavy atom. The average molecular weight is 1650 g/mol. The molecule has 2 aromatic carbocycles. The molecule has 2 unspecified atom stereocenters. The number of fused-ring (bicyclic) bond motifs is 1. The molecule has 44 heteroatoms. The van der Waals surface area contributed by atoms with Gasteiger partial charge in [-0.25, -0.2) is 13.4 Å². The number of aryl methyl sites for hydroxylation is 3. The van der Waals surface area contributed by atoms with Crippen LogP contribution in [0.4, 0.5) is 5.95 Å². The van der Waals surface area contributed by atoms with Crippen LogP contribution in [-0.2, 0) is 80.7 Å². The number of carbonyl (C=O) groups is 9. The predicted molar refractivity (Wildman–Crippen MR) is 415 cm³/mol. The van der Waals surface area contributed by atoms with Crippen LogP contribution in [0.2, 0.25) is 0 Å². The quantitative estimate of drug-likeness (QED) is 0.0154. The van der Waals surface area contributed by atoms with Gasteiger partial charge in [0.15, 0.2) is 5.95 Å². The number of ether oxygens (including phenoxy) is 4. The summed E-state index contributed by atoms with van der Waals surface area (Å²) in [5, 5.41) is 54.8. The number of unbranched alkanes of at least 4 members (excludes halogenated alkanes) is 1. The fourth-order valence-corrected chi connectivity index (χ4v) is 14.1. The van der Waals surface area contributed by atoms with E-state index in [1.165, 1.54) is 23.2 Å². The maximum absolute atomic E-state index is 13.5. The lowest BCUT2D eigenvalue weighted by molar-refractivity contribution is -0.140. The van der Waals surface area contributed by atoms with E-state index in [-0.39, 0.29) is 156 Å². The smallest absolute Gasteiger partial charge is 0.339 e. The van der Waals surface area contributed by atoms with Crippen LogP contribution in [0.1, 0.15) is 85.8 Å². The molecule has 0 radical (unpaired) electrons. The van der Waals surface area contributed by atoms with Crippen molar-refractivity contribution in [2.45, 2.75) is 96.2 Å². The van der Waals surface area contributed by atoms with Crippen LogP contribution in [0.5, 0.6) is 5.75 Å². The zero-order valence-corrected chi connectivity index (χ0v) is 66.9. The number of nitrogens with zero attached hydrogens (tertiary/aromatic N) is 7. The molecule has 5 rings (SSSR count). The third-order valence-electron chi connectivity index (χ3n) is 16.5. The van der Waals surface area contributed by atoms with Crippen LogP contribution in [0.3, 0.4) is 0 Å². The summed E-state index contributed by atoms with van der Waals surface area (Å²) >= 11 is 0. The van der Waals surface area contributed by atoms with Gasteiger partial charge < -0.3 is 107 Å². The fraction of sp³-hybridized carbons (Fsp3) is 0.603. The van der Waals surface area contributed by atoms with Crippen molar-refractivity contribution in [2.24, 2.45) is 7.05 Å². The summed E-state index contributed by atoms with van der Waals surface area (Å²) in [5.41, 5.74) is 1.23. The Kier molecular flexibility index (Phi) is 49.5. The fourth-order valence-electron chi connectivity index (χ4n) is 11.3. The number of sulfonamides is 1. The molecule has 5 amide bonds. The first-order valence-electron chi connectivity index (χ1n) is 35.8. The van der Waals surface area contributed by atoms with Crippen molar-refractivity contribution in [1.82, 2.24) is 70.3 Å². The minimum absolute atomic E-state index is 0. The zero-order valence-electron chi connectivity index (χ0n) is 64.0. The maximum atomic E-state index is 13.5. The Labute approximate surface area is 652 Å². The van der Waals surface area contributed by atoms with Crippen LogP contribution < -0.4 is 46.8 Å².